The molecular weight excluding hydrogens is 358 g/mol. The van der Waals surface area contributed by atoms with E-state index in [1.54, 1.807) is 12.2 Å². The monoisotopic (exact) mass is 379 g/mol. The van der Waals surface area contributed by atoms with Crippen molar-refractivity contribution in [3.63, 3.8) is 0 Å². The molecule has 0 bridgehead atoms. The number of fused-ring (bicyclic) bond motifs is 1. The molecule has 4 aromatic rings. The third kappa shape index (κ3) is 4.90. The second-order valence-electron chi connectivity index (χ2n) is 6.69. The van der Waals surface area contributed by atoms with Gasteiger partial charge in [-0.25, -0.2) is 0 Å². The standard InChI is InChI=1S/C26H21NO2/c28-26(27-25-12-6-10-22-9-4-5-11-24(22)25)18-15-20-13-16-23(17-14-20)29-19-21-7-2-1-3-8-21/h1-18H,19H2,(H,27,28). The largest absolute Gasteiger partial charge is 0.489 e. The molecule has 3 heteroatoms. The Bertz CT molecular complexity index is 1130. The highest BCUT2D eigenvalue weighted by Gasteiger charge is 2.03. The first-order chi connectivity index (χ1) is 14.3. The van der Waals surface area contributed by atoms with Crippen LogP contribution in [0.2, 0.25) is 0 Å². The van der Waals surface area contributed by atoms with Crippen molar-refractivity contribution < 1.29 is 9.53 Å². The molecule has 4 rings (SSSR count). The number of hydrogen-bond acceptors (Lipinski definition) is 2. The lowest BCUT2D eigenvalue weighted by atomic mass is 10.1. The fraction of sp³-hybridized carbons (Fsp3) is 0.0385. The van der Waals surface area contributed by atoms with Crippen molar-refractivity contribution in [1.82, 2.24) is 0 Å². The van der Waals surface area contributed by atoms with E-state index < -0.39 is 0 Å². The summed E-state index contributed by atoms with van der Waals surface area (Å²) < 4.78 is 5.79. The van der Waals surface area contributed by atoms with Gasteiger partial charge in [-0.3, -0.25) is 4.79 Å². The van der Waals surface area contributed by atoms with E-state index in [0.717, 1.165) is 33.3 Å². The van der Waals surface area contributed by atoms with Crippen LogP contribution in [0.5, 0.6) is 5.75 Å². The van der Waals surface area contributed by atoms with Crippen LogP contribution >= 0.6 is 0 Å². The molecule has 3 nitrogen and oxygen atoms in total. The summed E-state index contributed by atoms with van der Waals surface area (Å²) in [6.07, 6.45) is 3.34. The second-order valence-corrected chi connectivity index (χ2v) is 6.69. The Hall–Kier alpha value is -3.85. The predicted molar refractivity (Wildman–Crippen MR) is 119 cm³/mol. The molecule has 0 aliphatic heterocycles. The number of rotatable bonds is 6. The lowest BCUT2D eigenvalue weighted by Crippen LogP contribution is -2.07. The lowest BCUT2D eigenvalue weighted by Gasteiger charge is -2.07. The molecule has 0 fully saturated rings. The van der Waals surface area contributed by atoms with E-state index in [0.29, 0.717) is 6.61 Å². The third-order valence-corrected chi connectivity index (χ3v) is 4.60. The van der Waals surface area contributed by atoms with Gasteiger partial charge in [0.15, 0.2) is 0 Å². The molecule has 0 spiro atoms. The third-order valence-electron chi connectivity index (χ3n) is 4.60. The van der Waals surface area contributed by atoms with Gasteiger partial charge in [0.05, 0.1) is 0 Å². The quantitative estimate of drug-likeness (QED) is 0.413. The van der Waals surface area contributed by atoms with Crippen LogP contribution in [-0.4, -0.2) is 5.91 Å². The molecule has 0 aliphatic rings. The Morgan fingerprint density at radius 1 is 0.793 bits per heavy atom. The van der Waals surface area contributed by atoms with Gasteiger partial charge in [-0.05, 0) is 40.8 Å². The van der Waals surface area contributed by atoms with Gasteiger partial charge in [0, 0.05) is 17.1 Å². The van der Waals surface area contributed by atoms with Gasteiger partial charge in [0.25, 0.3) is 0 Å². The van der Waals surface area contributed by atoms with Crippen molar-refractivity contribution in [2.24, 2.45) is 0 Å². The van der Waals surface area contributed by atoms with Crippen molar-refractivity contribution in [3.05, 3.63) is 114 Å². The smallest absolute Gasteiger partial charge is 0.248 e. The number of ether oxygens (including phenoxy) is 1. The molecule has 1 amide bonds. The summed E-state index contributed by atoms with van der Waals surface area (Å²) in [5.74, 6) is 0.636. The number of anilines is 1. The summed E-state index contributed by atoms with van der Waals surface area (Å²) in [5, 5.41) is 5.08. The molecule has 4 aromatic carbocycles. The van der Waals surface area contributed by atoms with Gasteiger partial charge in [-0.1, -0.05) is 78.9 Å². The maximum atomic E-state index is 12.3. The summed E-state index contributed by atoms with van der Waals surface area (Å²) in [6, 6.07) is 31.6. The van der Waals surface area contributed by atoms with Crippen LogP contribution in [0.3, 0.4) is 0 Å². The van der Waals surface area contributed by atoms with Crippen molar-refractivity contribution in [2.75, 3.05) is 5.32 Å². The molecule has 0 unspecified atom stereocenters. The van der Waals surface area contributed by atoms with Gasteiger partial charge in [-0.15, -0.1) is 0 Å². The Labute approximate surface area is 170 Å². The zero-order chi connectivity index (χ0) is 19.9. The average molecular weight is 379 g/mol. The van der Waals surface area contributed by atoms with Gasteiger partial charge < -0.3 is 10.1 Å². The van der Waals surface area contributed by atoms with Crippen LogP contribution in [0, 0.1) is 0 Å². The molecule has 0 heterocycles. The average Bonchev–Trinajstić information content (AvgIpc) is 2.78. The molecule has 0 saturated heterocycles. The minimum Gasteiger partial charge on any atom is -0.489 e. The lowest BCUT2D eigenvalue weighted by molar-refractivity contribution is -0.111. The minimum absolute atomic E-state index is 0.161. The molecule has 29 heavy (non-hydrogen) atoms. The van der Waals surface area contributed by atoms with Crippen molar-refractivity contribution in [2.45, 2.75) is 6.61 Å². The highest BCUT2D eigenvalue weighted by molar-refractivity contribution is 6.07. The van der Waals surface area contributed by atoms with Crippen LogP contribution in [0.25, 0.3) is 16.8 Å². The summed E-state index contributed by atoms with van der Waals surface area (Å²) in [7, 11) is 0. The fourth-order valence-electron chi connectivity index (χ4n) is 3.10. The molecule has 142 valence electrons. The Balaban J connectivity index is 1.36. The summed E-state index contributed by atoms with van der Waals surface area (Å²) in [6.45, 7) is 0.531. The van der Waals surface area contributed by atoms with Crippen LogP contribution in [0.1, 0.15) is 11.1 Å². The van der Waals surface area contributed by atoms with Gasteiger partial charge >= 0.3 is 0 Å². The highest BCUT2D eigenvalue weighted by Crippen LogP contribution is 2.23. The van der Waals surface area contributed by atoms with E-state index in [2.05, 4.69) is 5.32 Å². The Morgan fingerprint density at radius 2 is 1.52 bits per heavy atom. The first-order valence-electron chi connectivity index (χ1n) is 9.51. The van der Waals surface area contributed by atoms with Crippen LogP contribution in [0.4, 0.5) is 5.69 Å². The topological polar surface area (TPSA) is 38.3 Å². The maximum Gasteiger partial charge on any atom is 0.248 e. The van der Waals surface area contributed by atoms with Crippen LogP contribution in [-0.2, 0) is 11.4 Å². The molecule has 0 radical (unpaired) electrons. The molecule has 1 N–H and O–H groups in total. The van der Waals surface area contributed by atoms with Crippen molar-refractivity contribution in [1.29, 1.82) is 0 Å². The number of benzene rings is 4. The van der Waals surface area contributed by atoms with Crippen molar-refractivity contribution >= 4 is 28.4 Å². The van der Waals surface area contributed by atoms with Crippen LogP contribution < -0.4 is 10.1 Å². The van der Waals surface area contributed by atoms with Crippen LogP contribution in [0.15, 0.2) is 103 Å². The Kier molecular flexibility index (Phi) is 5.68. The summed E-state index contributed by atoms with van der Waals surface area (Å²) in [5.41, 5.74) is 2.87. The minimum atomic E-state index is -0.161. The normalized spacial score (nSPS) is 10.9. The molecule has 0 aliphatic carbocycles. The van der Waals surface area contributed by atoms with Gasteiger partial charge in [0.1, 0.15) is 12.4 Å². The van der Waals surface area contributed by atoms with E-state index in [4.69, 9.17) is 4.74 Å². The fourth-order valence-corrected chi connectivity index (χ4v) is 3.10. The zero-order valence-corrected chi connectivity index (χ0v) is 15.9. The van der Waals surface area contributed by atoms with E-state index in [-0.39, 0.29) is 5.91 Å². The SMILES string of the molecule is O=C(C=Cc1ccc(OCc2ccccc2)cc1)Nc1cccc2ccccc12. The molecule has 0 atom stereocenters. The Morgan fingerprint density at radius 3 is 2.34 bits per heavy atom. The number of carbonyl (C=O) groups excluding carboxylic acids is 1. The molecule has 0 saturated carbocycles. The van der Waals surface area contributed by atoms with Gasteiger partial charge in [-0.2, -0.15) is 0 Å². The summed E-state index contributed by atoms with van der Waals surface area (Å²) in [4.78, 5) is 12.3. The van der Waals surface area contributed by atoms with Crippen molar-refractivity contribution in [3.8, 4) is 5.75 Å². The first kappa shape index (κ1) is 18.5. The van der Waals surface area contributed by atoms with E-state index >= 15 is 0 Å². The van der Waals surface area contributed by atoms with Gasteiger partial charge in [0.2, 0.25) is 5.91 Å². The second kappa shape index (κ2) is 8.89. The van der Waals surface area contributed by atoms with E-state index in [1.165, 1.54) is 0 Å². The highest BCUT2D eigenvalue weighted by atomic mass is 16.5. The van der Waals surface area contributed by atoms with E-state index in [1.807, 2.05) is 97.1 Å². The zero-order valence-electron chi connectivity index (χ0n) is 15.9. The predicted octanol–water partition coefficient (Wildman–Crippen LogP) is 6.07. The number of amides is 1. The maximum absolute atomic E-state index is 12.3. The molecule has 0 aromatic heterocycles. The summed E-state index contributed by atoms with van der Waals surface area (Å²) >= 11 is 0. The number of hydrogen-bond donors (Lipinski definition) is 1. The number of carbonyl (C=O) groups is 1. The molecular formula is C26H21NO2. The number of nitrogens with one attached hydrogen (secondary N) is 1. The first-order valence-corrected chi connectivity index (χ1v) is 9.51. The van der Waals surface area contributed by atoms with E-state index in [9.17, 15) is 4.79 Å².